The van der Waals surface area contributed by atoms with Crippen LogP contribution in [-0.4, -0.2) is 76.0 Å². The number of phenolic OH excluding ortho intramolecular Hbond substituents is 2. The summed E-state index contributed by atoms with van der Waals surface area (Å²) in [6, 6.07) is 4.05. The summed E-state index contributed by atoms with van der Waals surface area (Å²) in [6.45, 7) is 1.24. The summed E-state index contributed by atoms with van der Waals surface area (Å²) in [4.78, 5) is 27.0. The molecule has 3 rings (SSSR count). The van der Waals surface area contributed by atoms with Crippen LogP contribution in [0.15, 0.2) is 24.3 Å². The van der Waals surface area contributed by atoms with Gasteiger partial charge in [-0.1, -0.05) is 0 Å². The van der Waals surface area contributed by atoms with Gasteiger partial charge in [0.1, 0.15) is 0 Å². The molecular weight excluding hydrogens is 521 g/mol. The van der Waals surface area contributed by atoms with Crippen LogP contribution in [0.1, 0.15) is 31.2 Å². The Hall–Kier alpha value is -1.89. The number of amides is 1. The van der Waals surface area contributed by atoms with Crippen LogP contribution < -0.4 is 21.6 Å². The van der Waals surface area contributed by atoms with E-state index in [9.17, 15) is 33.5 Å². The number of likely N-dealkylation sites (tertiary alicyclic amines) is 1. The standard InChI is InChI=1S/C21H27INO8/c24-14-5-3-12(9-16(14)26)4-6-19(28)31-18-10-13(21(29)23-7-1-2-8-23)15(25)11-17(27)20(18)22-30/h3-6,9,13,15,17-18,20,24-27,30H,1-2,7-8,10-11H2/q-1/b6-4+/t13?,15?,17?,18-,20?/m1/s1. The summed E-state index contributed by atoms with van der Waals surface area (Å²) < 4.78 is 14.6. The van der Waals surface area contributed by atoms with Gasteiger partial charge in [0.15, 0.2) is 0 Å². The minimum atomic E-state index is -1.52. The molecule has 0 bridgehead atoms. The number of rotatable bonds is 5. The quantitative estimate of drug-likeness (QED) is 0.0660. The number of phenols is 2. The van der Waals surface area contributed by atoms with E-state index in [-0.39, 0.29) is 30.2 Å². The summed E-state index contributed by atoms with van der Waals surface area (Å²) in [7, 11) is 0. The number of esters is 1. The van der Waals surface area contributed by atoms with E-state index in [1.807, 2.05) is 0 Å². The molecule has 5 atom stereocenters. The van der Waals surface area contributed by atoms with Crippen molar-refractivity contribution in [3.8, 4) is 11.5 Å². The van der Waals surface area contributed by atoms with Gasteiger partial charge in [0.25, 0.3) is 0 Å². The van der Waals surface area contributed by atoms with Gasteiger partial charge < -0.3 is 0 Å². The third kappa shape index (κ3) is 5.88. The van der Waals surface area contributed by atoms with Gasteiger partial charge >= 0.3 is 191 Å². The number of aliphatic hydroxyl groups is 2. The molecule has 31 heavy (non-hydrogen) atoms. The van der Waals surface area contributed by atoms with Gasteiger partial charge in [-0.2, -0.15) is 0 Å². The molecule has 1 aromatic rings. The number of nitrogens with zero attached hydrogens (tertiary/aromatic N) is 1. The maximum absolute atomic E-state index is 12.9. The molecule has 2 fully saturated rings. The Labute approximate surface area is 190 Å². The average molecular weight is 548 g/mol. The summed E-state index contributed by atoms with van der Waals surface area (Å²) in [5, 5.41) is 39.9. The zero-order valence-corrected chi connectivity index (χ0v) is 19.0. The van der Waals surface area contributed by atoms with Gasteiger partial charge in [-0.3, -0.25) is 0 Å². The van der Waals surface area contributed by atoms with E-state index in [0.717, 1.165) is 18.9 Å². The molecule has 2 aliphatic rings. The van der Waals surface area contributed by atoms with Crippen molar-refractivity contribution >= 4 is 18.0 Å². The molecule has 0 aromatic heterocycles. The van der Waals surface area contributed by atoms with Crippen LogP contribution in [0.3, 0.4) is 0 Å². The van der Waals surface area contributed by atoms with Crippen LogP contribution in [0.2, 0.25) is 0 Å². The Balaban J connectivity index is 1.73. The monoisotopic (exact) mass is 548 g/mol. The number of alkyl halides is 1. The maximum atomic E-state index is 12.9. The second kappa shape index (κ2) is 10.6. The van der Waals surface area contributed by atoms with Crippen molar-refractivity contribution in [3.63, 3.8) is 0 Å². The molecule has 1 heterocycles. The van der Waals surface area contributed by atoms with Crippen molar-refractivity contribution in [3.05, 3.63) is 29.8 Å². The molecule has 0 spiro atoms. The molecule has 1 aromatic carbocycles. The molecule has 1 saturated carbocycles. The number of carbonyl (C=O) groups is 2. The second-order valence-corrected chi connectivity index (χ2v) is 9.84. The van der Waals surface area contributed by atoms with E-state index in [2.05, 4.69) is 0 Å². The Kier molecular flexibility index (Phi) is 8.14. The van der Waals surface area contributed by atoms with Gasteiger partial charge in [-0.05, 0) is 0 Å². The Morgan fingerprint density at radius 1 is 1.06 bits per heavy atom. The van der Waals surface area contributed by atoms with E-state index in [1.54, 1.807) is 4.90 Å². The Morgan fingerprint density at radius 3 is 2.42 bits per heavy atom. The number of carbonyl (C=O) groups excluding carboxylic acids is 2. The first-order valence-electron chi connectivity index (χ1n) is 10.1. The Bertz CT molecular complexity index is 826. The number of aromatic hydroxyl groups is 2. The topological polar surface area (TPSA) is 148 Å². The number of hydrogen-bond donors (Lipinski definition) is 5. The van der Waals surface area contributed by atoms with Crippen LogP contribution in [0.25, 0.3) is 6.08 Å². The third-order valence-electron chi connectivity index (χ3n) is 5.68. The van der Waals surface area contributed by atoms with E-state index in [4.69, 9.17) is 4.74 Å². The van der Waals surface area contributed by atoms with Crippen LogP contribution in [-0.2, 0) is 14.3 Å². The van der Waals surface area contributed by atoms with E-state index >= 15 is 0 Å². The molecule has 1 saturated heterocycles. The molecule has 1 amide bonds. The van der Waals surface area contributed by atoms with Crippen molar-refractivity contribution in [2.75, 3.05) is 13.1 Å². The van der Waals surface area contributed by atoms with Gasteiger partial charge in [0, 0.05) is 0 Å². The van der Waals surface area contributed by atoms with Gasteiger partial charge in [0.05, 0.1) is 0 Å². The molecule has 172 valence electrons. The first kappa shape index (κ1) is 23.8. The van der Waals surface area contributed by atoms with Crippen molar-refractivity contribution in [2.24, 2.45) is 5.92 Å². The fourth-order valence-corrected chi connectivity index (χ4v) is 5.47. The minimum absolute atomic E-state index is 0.0259. The van der Waals surface area contributed by atoms with Crippen molar-refractivity contribution in [1.29, 1.82) is 0 Å². The summed E-state index contributed by atoms with van der Waals surface area (Å²) >= 11 is -1.52. The Morgan fingerprint density at radius 2 is 1.77 bits per heavy atom. The van der Waals surface area contributed by atoms with Crippen molar-refractivity contribution < 1.29 is 59.8 Å². The predicted molar refractivity (Wildman–Crippen MR) is 105 cm³/mol. The predicted octanol–water partition coefficient (Wildman–Crippen LogP) is -2.86. The van der Waals surface area contributed by atoms with Crippen molar-refractivity contribution in [2.45, 2.75) is 47.9 Å². The first-order chi connectivity index (χ1) is 14.8. The number of aliphatic hydroxyl groups excluding tert-OH is 2. The van der Waals surface area contributed by atoms with Crippen molar-refractivity contribution in [1.82, 2.24) is 4.90 Å². The molecule has 9 nitrogen and oxygen atoms in total. The van der Waals surface area contributed by atoms with Crippen LogP contribution in [0.4, 0.5) is 0 Å². The van der Waals surface area contributed by atoms with E-state index in [1.165, 1.54) is 24.3 Å². The number of ether oxygens (including phenoxy) is 1. The second-order valence-electron chi connectivity index (χ2n) is 7.84. The SMILES string of the molecule is O=C(/C=C/c1ccc(O)c(O)c1)O[C@@H]1CC(C(=O)N2CCCC2)C(O)CC(O)C1[I-]O. The molecule has 1 aliphatic carbocycles. The average Bonchev–Trinajstić information content (AvgIpc) is 3.23. The van der Waals surface area contributed by atoms with Gasteiger partial charge in [0.2, 0.25) is 0 Å². The van der Waals surface area contributed by atoms with Crippen LogP contribution >= 0.6 is 0 Å². The molecule has 0 radical (unpaired) electrons. The summed E-state index contributed by atoms with van der Waals surface area (Å²) in [6.07, 6.45) is 1.20. The molecule has 1 aliphatic heterocycles. The number of hydrogen-bond acceptors (Lipinski definition) is 8. The number of halogens is 1. The van der Waals surface area contributed by atoms with Crippen LogP contribution in [0, 0.1) is 5.92 Å². The third-order valence-corrected chi connectivity index (χ3v) is 7.96. The van der Waals surface area contributed by atoms with E-state index < -0.39 is 55.7 Å². The van der Waals surface area contributed by atoms with Gasteiger partial charge in [-0.15, -0.1) is 0 Å². The summed E-state index contributed by atoms with van der Waals surface area (Å²) in [5.41, 5.74) is 0.455. The van der Waals surface area contributed by atoms with Crippen LogP contribution in [0.5, 0.6) is 11.5 Å². The summed E-state index contributed by atoms with van der Waals surface area (Å²) in [5.74, 6) is -2.39. The normalized spacial score (nSPS) is 29.3. The molecule has 10 heteroatoms. The molecule has 5 N–H and O–H groups in total. The first-order valence-corrected chi connectivity index (χ1v) is 12.3. The molecule has 4 unspecified atom stereocenters. The van der Waals surface area contributed by atoms with E-state index in [0.29, 0.717) is 18.7 Å². The molecular formula is C21H27INO8-. The fourth-order valence-electron chi connectivity index (χ4n) is 4.00. The zero-order valence-electron chi connectivity index (χ0n) is 16.8. The number of benzene rings is 1. The zero-order chi connectivity index (χ0) is 22.5. The fraction of sp³-hybridized carbons (Fsp3) is 0.524. The van der Waals surface area contributed by atoms with Gasteiger partial charge in [-0.25, -0.2) is 0 Å².